The Kier molecular flexibility index (Phi) is 4.71. The molecule has 1 N–H and O–H groups in total. The molecular weight excluding hydrogens is 252 g/mol. The van der Waals surface area contributed by atoms with Crippen LogP contribution in [0.5, 0.6) is 5.75 Å². The van der Waals surface area contributed by atoms with E-state index in [1.165, 1.54) is 0 Å². The molecule has 0 saturated heterocycles. The van der Waals surface area contributed by atoms with E-state index in [4.69, 9.17) is 4.74 Å². The van der Waals surface area contributed by atoms with Crippen molar-refractivity contribution in [3.05, 3.63) is 59.4 Å². The van der Waals surface area contributed by atoms with Gasteiger partial charge in [0.05, 0.1) is 13.5 Å². The van der Waals surface area contributed by atoms with Gasteiger partial charge in [0.2, 0.25) is 5.91 Å². The van der Waals surface area contributed by atoms with Crippen molar-refractivity contribution in [3.63, 3.8) is 0 Å². The van der Waals surface area contributed by atoms with Crippen molar-refractivity contribution in [2.45, 2.75) is 19.9 Å². The van der Waals surface area contributed by atoms with Crippen LogP contribution in [0.1, 0.15) is 16.7 Å². The fourth-order valence-corrected chi connectivity index (χ4v) is 1.98. The summed E-state index contributed by atoms with van der Waals surface area (Å²) < 4.78 is 5.27. The molecule has 2 rings (SSSR count). The third-order valence-electron chi connectivity index (χ3n) is 3.00. The number of ether oxygens (including phenoxy) is 1. The van der Waals surface area contributed by atoms with Gasteiger partial charge in [-0.3, -0.25) is 9.78 Å². The van der Waals surface area contributed by atoms with E-state index in [0.29, 0.717) is 13.0 Å². The maximum Gasteiger partial charge on any atom is 0.224 e. The van der Waals surface area contributed by atoms with Crippen LogP contribution in [-0.2, 0) is 17.8 Å². The average Bonchev–Trinajstić information content (AvgIpc) is 2.46. The Morgan fingerprint density at radius 1 is 1.35 bits per heavy atom. The first-order valence-corrected chi connectivity index (χ1v) is 6.48. The summed E-state index contributed by atoms with van der Waals surface area (Å²) >= 11 is 0. The highest BCUT2D eigenvalue weighted by Gasteiger charge is 2.08. The number of amides is 1. The second kappa shape index (κ2) is 6.70. The van der Waals surface area contributed by atoms with Crippen molar-refractivity contribution < 1.29 is 9.53 Å². The van der Waals surface area contributed by atoms with Gasteiger partial charge < -0.3 is 10.1 Å². The Balaban J connectivity index is 1.96. The number of carbonyl (C=O) groups is 1. The molecule has 0 aliphatic carbocycles. The monoisotopic (exact) mass is 270 g/mol. The maximum atomic E-state index is 12.0. The summed E-state index contributed by atoms with van der Waals surface area (Å²) in [6.45, 7) is 2.48. The van der Waals surface area contributed by atoms with Crippen LogP contribution in [0.25, 0.3) is 0 Å². The van der Waals surface area contributed by atoms with E-state index < -0.39 is 0 Å². The van der Waals surface area contributed by atoms with Crippen LogP contribution in [0.2, 0.25) is 0 Å². The minimum atomic E-state index is -0.0299. The van der Waals surface area contributed by atoms with E-state index in [1.54, 1.807) is 19.5 Å². The lowest BCUT2D eigenvalue weighted by atomic mass is 10.1. The second-order valence-electron chi connectivity index (χ2n) is 4.63. The molecule has 1 heterocycles. The topological polar surface area (TPSA) is 51.2 Å². The van der Waals surface area contributed by atoms with Gasteiger partial charge in [0, 0.05) is 24.5 Å². The first-order valence-electron chi connectivity index (χ1n) is 6.48. The highest BCUT2D eigenvalue weighted by Crippen LogP contribution is 2.20. The molecule has 0 radical (unpaired) electrons. The molecule has 1 aromatic carbocycles. The molecule has 20 heavy (non-hydrogen) atoms. The number of benzene rings is 1. The summed E-state index contributed by atoms with van der Waals surface area (Å²) in [5, 5.41) is 2.88. The summed E-state index contributed by atoms with van der Waals surface area (Å²) in [5.74, 6) is 0.713. The van der Waals surface area contributed by atoms with Crippen molar-refractivity contribution in [2.24, 2.45) is 0 Å². The number of hydrogen-bond donors (Lipinski definition) is 1. The smallest absolute Gasteiger partial charge is 0.224 e. The largest absolute Gasteiger partial charge is 0.496 e. The van der Waals surface area contributed by atoms with Crippen molar-refractivity contribution in [3.8, 4) is 5.75 Å². The van der Waals surface area contributed by atoms with E-state index in [1.807, 2.05) is 37.3 Å². The molecule has 0 atom stereocenters. The lowest BCUT2D eigenvalue weighted by Crippen LogP contribution is -2.24. The van der Waals surface area contributed by atoms with Gasteiger partial charge in [0.1, 0.15) is 5.75 Å². The van der Waals surface area contributed by atoms with Crippen molar-refractivity contribution in [2.75, 3.05) is 7.11 Å². The van der Waals surface area contributed by atoms with Gasteiger partial charge >= 0.3 is 0 Å². The number of nitrogens with one attached hydrogen (secondary N) is 1. The molecule has 0 aliphatic rings. The molecule has 0 saturated carbocycles. The van der Waals surface area contributed by atoms with Crippen LogP contribution in [0.3, 0.4) is 0 Å². The van der Waals surface area contributed by atoms with Crippen molar-refractivity contribution in [1.82, 2.24) is 10.3 Å². The fraction of sp³-hybridized carbons (Fsp3) is 0.250. The zero-order valence-electron chi connectivity index (χ0n) is 11.7. The quantitative estimate of drug-likeness (QED) is 0.906. The minimum Gasteiger partial charge on any atom is -0.496 e. The molecule has 0 unspecified atom stereocenters. The summed E-state index contributed by atoms with van der Waals surface area (Å²) in [5.41, 5.74) is 2.99. The normalized spacial score (nSPS) is 10.1. The fourth-order valence-electron chi connectivity index (χ4n) is 1.98. The van der Waals surface area contributed by atoms with E-state index in [9.17, 15) is 4.79 Å². The Bertz CT molecular complexity index is 582. The lowest BCUT2D eigenvalue weighted by Gasteiger charge is -2.10. The zero-order valence-corrected chi connectivity index (χ0v) is 11.7. The van der Waals surface area contributed by atoms with Gasteiger partial charge in [-0.1, -0.05) is 23.8 Å². The average molecular weight is 270 g/mol. The Morgan fingerprint density at radius 3 is 2.90 bits per heavy atom. The highest BCUT2D eigenvalue weighted by molar-refractivity contribution is 5.79. The zero-order chi connectivity index (χ0) is 14.4. The van der Waals surface area contributed by atoms with Gasteiger partial charge in [0.15, 0.2) is 0 Å². The van der Waals surface area contributed by atoms with E-state index in [0.717, 1.165) is 22.4 Å². The molecule has 104 valence electrons. The van der Waals surface area contributed by atoms with Crippen LogP contribution in [-0.4, -0.2) is 18.0 Å². The van der Waals surface area contributed by atoms with Crippen LogP contribution >= 0.6 is 0 Å². The highest BCUT2D eigenvalue weighted by atomic mass is 16.5. The number of aromatic nitrogens is 1. The first-order chi connectivity index (χ1) is 9.69. The predicted octanol–water partition coefficient (Wildman–Crippen LogP) is 2.26. The summed E-state index contributed by atoms with van der Waals surface area (Å²) in [4.78, 5) is 16.0. The number of hydrogen-bond acceptors (Lipinski definition) is 3. The van der Waals surface area contributed by atoms with Gasteiger partial charge in [-0.25, -0.2) is 0 Å². The first kappa shape index (κ1) is 14.1. The minimum absolute atomic E-state index is 0.0299. The summed E-state index contributed by atoms with van der Waals surface area (Å²) in [6.07, 6.45) is 3.77. The number of methoxy groups -OCH3 is 1. The van der Waals surface area contributed by atoms with Gasteiger partial charge in [0.25, 0.3) is 0 Å². The van der Waals surface area contributed by atoms with E-state index in [-0.39, 0.29) is 5.91 Å². The molecule has 0 aliphatic heterocycles. The number of pyridine rings is 1. The van der Waals surface area contributed by atoms with Gasteiger partial charge in [-0.15, -0.1) is 0 Å². The SMILES string of the molecule is COc1ccc(C)cc1CC(=O)NCc1cccnc1. The summed E-state index contributed by atoms with van der Waals surface area (Å²) in [6, 6.07) is 9.61. The van der Waals surface area contributed by atoms with E-state index in [2.05, 4.69) is 10.3 Å². The predicted molar refractivity (Wildman–Crippen MR) is 77.5 cm³/mol. The van der Waals surface area contributed by atoms with E-state index >= 15 is 0 Å². The molecule has 0 spiro atoms. The third-order valence-corrected chi connectivity index (χ3v) is 3.00. The molecule has 1 aromatic heterocycles. The van der Waals surface area contributed by atoms with Crippen LogP contribution in [0.15, 0.2) is 42.7 Å². The van der Waals surface area contributed by atoms with Crippen LogP contribution < -0.4 is 10.1 Å². The lowest BCUT2D eigenvalue weighted by molar-refractivity contribution is -0.120. The molecule has 4 heteroatoms. The van der Waals surface area contributed by atoms with Gasteiger partial charge in [-0.05, 0) is 24.6 Å². The van der Waals surface area contributed by atoms with Crippen LogP contribution in [0, 0.1) is 6.92 Å². The van der Waals surface area contributed by atoms with Crippen LogP contribution in [0.4, 0.5) is 0 Å². The number of aryl methyl sites for hydroxylation is 1. The number of carbonyl (C=O) groups excluding carboxylic acids is 1. The maximum absolute atomic E-state index is 12.0. The standard InChI is InChI=1S/C16H18N2O2/c1-12-5-6-15(20-2)14(8-12)9-16(19)18-11-13-4-3-7-17-10-13/h3-8,10H,9,11H2,1-2H3,(H,18,19). The second-order valence-corrected chi connectivity index (χ2v) is 4.63. The van der Waals surface area contributed by atoms with Gasteiger partial charge in [-0.2, -0.15) is 0 Å². The Hall–Kier alpha value is -2.36. The summed E-state index contributed by atoms with van der Waals surface area (Å²) in [7, 11) is 1.61. The van der Waals surface area contributed by atoms with Crippen molar-refractivity contribution >= 4 is 5.91 Å². The molecule has 1 amide bonds. The molecule has 4 nitrogen and oxygen atoms in total. The molecular formula is C16H18N2O2. The number of rotatable bonds is 5. The Labute approximate surface area is 118 Å². The third kappa shape index (κ3) is 3.82. The molecule has 0 fully saturated rings. The van der Waals surface area contributed by atoms with Crippen molar-refractivity contribution in [1.29, 1.82) is 0 Å². The molecule has 2 aromatic rings. The number of nitrogens with zero attached hydrogens (tertiary/aromatic N) is 1. The Morgan fingerprint density at radius 2 is 2.20 bits per heavy atom. The molecule has 0 bridgehead atoms.